The summed E-state index contributed by atoms with van der Waals surface area (Å²) in [5.41, 5.74) is 1.83. The Labute approximate surface area is 107 Å². The number of nitrogens with one attached hydrogen (secondary N) is 1. The van der Waals surface area contributed by atoms with Crippen molar-refractivity contribution < 1.29 is 4.79 Å². The number of benzene rings is 1. The molecule has 0 amide bonds. The highest BCUT2D eigenvalue weighted by molar-refractivity contribution is 9.10. The molecule has 1 heterocycles. The maximum Gasteiger partial charge on any atom is 0.214 e. The molecule has 0 aromatic heterocycles. The molecule has 0 saturated carbocycles. The zero-order valence-corrected chi connectivity index (χ0v) is 11.2. The van der Waals surface area contributed by atoms with Crippen LogP contribution in [0.4, 0.5) is 5.69 Å². The molecular weight excluding hydrogens is 291 g/mol. The summed E-state index contributed by atoms with van der Waals surface area (Å²) in [6, 6.07) is 3.65. The van der Waals surface area contributed by atoms with Crippen LogP contribution in [0.1, 0.15) is 10.4 Å². The molecule has 1 aliphatic rings. The van der Waals surface area contributed by atoms with Gasteiger partial charge in [0.25, 0.3) is 0 Å². The third kappa shape index (κ3) is 1.83. The summed E-state index contributed by atoms with van der Waals surface area (Å²) in [5.74, 6) is -0.0741. The van der Waals surface area contributed by atoms with Crippen LogP contribution in [0.25, 0.3) is 0 Å². The molecule has 0 atom stereocenters. The molecule has 0 aliphatic carbocycles. The van der Waals surface area contributed by atoms with Crippen LogP contribution < -0.4 is 5.32 Å². The van der Waals surface area contributed by atoms with Gasteiger partial charge in [-0.25, -0.2) is 0 Å². The molecule has 2 rings (SSSR count). The molecule has 5 heteroatoms. The zero-order valence-electron chi connectivity index (χ0n) is 8.84. The van der Waals surface area contributed by atoms with Crippen LogP contribution in [-0.2, 0) is 0 Å². The Bertz CT molecular complexity index is 497. The number of carbonyl (C=O) groups excluding carboxylic acids is 1. The van der Waals surface area contributed by atoms with E-state index in [2.05, 4.69) is 21.2 Å². The van der Waals surface area contributed by atoms with Crippen LogP contribution in [0.5, 0.6) is 0 Å². The van der Waals surface area contributed by atoms with Gasteiger partial charge >= 0.3 is 0 Å². The van der Waals surface area contributed by atoms with Gasteiger partial charge in [-0.15, -0.1) is 0 Å². The number of halogens is 2. The predicted molar refractivity (Wildman–Crippen MR) is 68.9 cm³/mol. The fourth-order valence-corrected chi connectivity index (χ4v) is 2.14. The predicted octanol–water partition coefficient (Wildman–Crippen LogP) is 3.11. The topological polar surface area (TPSA) is 32.3 Å². The van der Waals surface area contributed by atoms with E-state index in [1.165, 1.54) is 0 Å². The molecule has 16 heavy (non-hydrogen) atoms. The van der Waals surface area contributed by atoms with Gasteiger partial charge in [0.2, 0.25) is 5.78 Å². The summed E-state index contributed by atoms with van der Waals surface area (Å²) in [5, 5.41) is 3.50. The molecule has 84 valence electrons. The smallest absolute Gasteiger partial charge is 0.214 e. The minimum Gasteiger partial charge on any atom is -0.382 e. The maximum absolute atomic E-state index is 12.0. The van der Waals surface area contributed by atoms with Crippen LogP contribution in [-0.4, -0.2) is 24.8 Å². The largest absolute Gasteiger partial charge is 0.382 e. The van der Waals surface area contributed by atoms with Crippen LogP contribution in [0, 0.1) is 0 Å². The average molecular weight is 302 g/mol. The SMILES string of the molecule is CN(C)/C=C1\Nc2ccc(Br)c(Cl)c2C1=O. The van der Waals surface area contributed by atoms with Crippen molar-refractivity contribution in [3.8, 4) is 0 Å². The first-order chi connectivity index (χ1) is 7.50. The molecule has 1 aliphatic heterocycles. The van der Waals surface area contributed by atoms with E-state index in [9.17, 15) is 4.79 Å². The number of hydrogen-bond acceptors (Lipinski definition) is 3. The van der Waals surface area contributed by atoms with Crippen molar-refractivity contribution in [1.82, 2.24) is 4.90 Å². The van der Waals surface area contributed by atoms with Crippen molar-refractivity contribution in [2.75, 3.05) is 19.4 Å². The number of Topliss-reactive ketones (excluding diaryl/α,β-unsaturated/α-hetero) is 1. The summed E-state index contributed by atoms with van der Waals surface area (Å²) in [6.45, 7) is 0. The van der Waals surface area contributed by atoms with Gasteiger partial charge in [0, 0.05) is 24.8 Å². The van der Waals surface area contributed by atoms with Gasteiger partial charge < -0.3 is 10.2 Å². The van der Waals surface area contributed by atoms with Gasteiger partial charge in [-0.05, 0) is 28.1 Å². The van der Waals surface area contributed by atoms with Crippen LogP contribution >= 0.6 is 27.5 Å². The summed E-state index contributed by atoms with van der Waals surface area (Å²) in [7, 11) is 3.73. The highest BCUT2D eigenvalue weighted by Crippen LogP contribution is 2.37. The number of rotatable bonds is 1. The van der Waals surface area contributed by atoms with Gasteiger partial charge in [0.05, 0.1) is 16.3 Å². The molecule has 0 radical (unpaired) electrons. The van der Waals surface area contributed by atoms with Crippen molar-refractivity contribution in [3.05, 3.63) is 39.1 Å². The highest BCUT2D eigenvalue weighted by atomic mass is 79.9. The second kappa shape index (κ2) is 4.11. The molecule has 1 aromatic carbocycles. The van der Waals surface area contributed by atoms with E-state index in [1.807, 2.05) is 31.1 Å². The second-order valence-corrected chi connectivity index (χ2v) is 4.98. The number of nitrogens with zero attached hydrogens (tertiary/aromatic N) is 1. The summed E-state index contributed by atoms with van der Waals surface area (Å²) < 4.78 is 0.731. The van der Waals surface area contributed by atoms with Gasteiger partial charge in [-0.1, -0.05) is 11.6 Å². The highest BCUT2D eigenvalue weighted by Gasteiger charge is 2.28. The standard InChI is InChI=1S/C11H10BrClN2O/c1-15(2)5-8-11(16)9-7(14-8)4-3-6(12)10(9)13/h3-5,14H,1-2H3/b8-5-. The van der Waals surface area contributed by atoms with Crippen molar-refractivity contribution >= 4 is 39.0 Å². The Hall–Kier alpha value is -1.00. The minimum absolute atomic E-state index is 0.0741. The number of allylic oxidation sites excluding steroid dienone is 1. The summed E-state index contributed by atoms with van der Waals surface area (Å²) in [4.78, 5) is 13.9. The first-order valence-corrected chi connectivity index (χ1v) is 5.86. The monoisotopic (exact) mass is 300 g/mol. The lowest BCUT2D eigenvalue weighted by atomic mass is 10.1. The third-order valence-electron chi connectivity index (χ3n) is 2.22. The second-order valence-electron chi connectivity index (χ2n) is 3.74. The van der Waals surface area contributed by atoms with E-state index in [0.29, 0.717) is 16.3 Å². The number of hydrogen-bond donors (Lipinski definition) is 1. The van der Waals surface area contributed by atoms with E-state index in [4.69, 9.17) is 11.6 Å². The maximum atomic E-state index is 12.0. The quantitative estimate of drug-likeness (QED) is 0.809. The molecule has 0 fully saturated rings. The van der Waals surface area contributed by atoms with Crippen LogP contribution in [0.2, 0.25) is 5.02 Å². The lowest BCUT2D eigenvalue weighted by Gasteiger charge is -2.06. The van der Waals surface area contributed by atoms with E-state index >= 15 is 0 Å². The first-order valence-electron chi connectivity index (χ1n) is 4.68. The van der Waals surface area contributed by atoms with Crippen LogP contribution in [0.15, 0.2) is 28.5 Å². The molecule has 0 bridgehead atoms. The van der Waals surface area contributed by atoms with E-state index < -0.39 is 0 Å². The fourth-order valence-electron chi connectivity index (χ4n) is 1.56. The Kier molecular flexibility index (Phi) is 2.95. The minimum atomic E-state index is -0.0741. The molecule has 1 N–H and O–H groups in total. The molecule has 0 spiro atoms. The van der Waals surface area contributed by atoms with Gasteiger partial charge in [0.15, 0.2) is 0 Å². The lowest BCUT2D eigenvalue weighted by molar-refractivity contribution is 0.104. The van der Waals surface area contributed by atoms with Gasteiger partial charge in [-0.2, -0.15) is 0 Å². The summed E-state index contributed by atoms with van der Waals surface area (Å²) in [6.07, 6.45) is 1.74. The average Bonchev–Trinajstić information content (AvgIpc) is 2.50. The van der Waals surface area contributed by atoms with Crippen LogP contribution in [0.3, 0.4) is 0 Å². The number of carbonyl (C=O) groups is 1. The zero-order chi connectivity index (χ0) is 11.9. The Morgan fingerprint density at radius 1 is 1.44 bits per heavy atom. The Morgan fingerprint density at radius 2 is 2.12 bits per heavy atom. The molecule has 3 nitrogen and oxygen atoms in total. The number of fused-ring (bicyclic) bond motifs is 1. The van der Waals surface area contributed by atoms with E-state index in [-0.39, 0.29) is 5.78 Å². The first kappa shape index (κ1) is 11.5. The fraction of sp³-hybridized carbons (Fsp3) is 0.182. The van der Waals surface area contributed by atoms with Crippen molar-refractivity contribution in [1.29, 1.82) is 0 Å². The number of anilines is 1. The molecule has 0 unspecified atom stereocenters. The summed E-state index contributed by atoms with van der Waals surface area (Å²) >= 11 is 9.39. The van der Waals surface area contributed by atoms with Crippen molar-refractivity contribution in [3.63, 3.8) is 0 Å². The molecular formula is C11H10BrClN2O. The van der Waals surface area contributed by atoms with Crippen molar-refractivity contribution in [2.45, 2.75) is 0 Å². The lowest BCUT2D eigenvalue weighted by Crippen LogP contribution is -2.09. The van der Waals surface area contributed by atoms with E-state index in [0.717, 1.165) is 10.2 Å². The Balaban J connectivity index is 2.51. The van der Waals surface area contributed by atoms with Gasteiger partial charge in [0.1, 0.15) is 5.70 Å². The third-order valence-corrected chi connectivity index (χ3v) is 3.50. The van der Waals surface area contributed by atoms with E-state index in [1.54, 1.807) is 6.20 Å². The number of ketones is 1. The van der Waals surface area contributed by atoms with Crippen molar-refractivity contribution in [2.24, 2.45) is 0 Å². The molecule has 0 saturated heterocycles. The Morgan fingerprint density at radius 3 is 2.75 bits per heavy atom. The molecule has 1 aromatic rings. The normalized spacial score (nSPS) is 16.2. The van der Waals surface area contributed by atoms with Gasteiger partial charge in [-0.3, -0.25) is 4.79 Å².